The minimum atomic E-state index is -0.480. The normalized spacial score (nSPS) is 17.6. The van der Waals surface area contributed by atoms with Crippen LogP contribution < -0.4 is 10.6 Å². The van der Waals surface area contributed by atoms with Gasteiger partial charge in [0.2, 0.25) is 11.8 Å². The summed E-state index contributed by atoms with van der Waals surface area (Å²) >= 11 is 0. The average Bonchev–Trinajstić information content (AvgIpc) is 2.77. The second kappa shape index (κ2) is 8.87. The zero-order chi connectivity index (χ0) is 19.3. The molecule has 26 heavy (non-hydrogen) atoms. The highest BCUT2D eigenvalue weighted by molar-refractivity contribution is 5.96. The van der Waals surface area contributed by atoms with Crippen molar-refractivity contribution < 1.29 is 18.8 Å². The van der Waals surface area contributed by atoms with Gasteiger partial charge in [-0.05, 0) is 53.0 Å². The van der Waals surface area contributed by atoms with Gasteiger partial charge in [-0.1, -0.05) is 0 Å². The first-order valence-electron chi connectivity index (χ1n) is 9.24. The molecule has 7 heteroatoms. The summed E-state index contributed by atoms with van der Waals surface area (Å²) < 4.78 is 5.44. The molecule has 1 unspecified atom stereocenters. The van der Waals surface area contributed by atoms with Gasteiger partial charge in [-0.25, -0.2) is 0 Å². The quantitative estimate of drug-likeness (QED) is 0.808. The van der Waals surface area contributed by atoms with Crippen LogP contribution in [0.15, 0.2) is 10.5 Å². The second-order valence-corrected chi connectivity index (χ2v) is 7.08. The summed E-state index contributed by atoms with van der Waals surface area (Å²) in [6, 6.07) is 1.20. The van der Waals surface area contributed by atoms with Crippen molar-refractivity contribution in [2.24, 2.45) is 0 Å². The third kappa shape index (κ3) is 5.09. The number of amides is 3. The molecule has 0 aliphatic carbocycles. The van der Waals surface area contributed by atoms with Gasteiger partial charge in [0.15, 0.2) is 0 Å². The summed E-state index contributed by atoms with van der Waals surface area (Å²) in [5, 5.41) is 5.59. The summed E-state index contributed by atoms with van der Waals surface area (Å²) in [7, 11) is 0. The van der Waals surface area contributed by atoms with Crippen molar-refractivity contribution in [3.8, 4) is 0 Å². The molecule has 1 aromatic rings. The zero-order valence-electron chi connectivity index (χ0n) is 16.1. The zero-order valence-corrected chi connectivity index (χ0v) is 16.1. The van der Waals surface area contributed by atoms with Crippen molar-refractivity contribution in [3.63, 3.8) is 0 Å². The standard InChI is InChI=1S/C19H29N3O4/c1-12(2)22(19(25)15-11-13(3)26-14(15)4)10-8-17(23)21-16-7-5-6-9-20-18(16)24/h11-12,16H,5-10H2,1-4H3,(H,20,24)(H,21,23). The van der Waals surface area contributed by atoms with E-state index < -0.39 is 6.04 Å². The number of furan rings is 1. The van der Waals surface area contributed by atoms with Crippen molar-refractivity contribution in [1.29, 1.82) is 0 Å². The fraction of sp³-hybridized carbons (Fsp3) is 0.632. The van der Waals surface area contributed by atoms with Crippen molar-refractivity contribution in [1.82, 2.24) is 15.5 Å². The molecule has 2 rings (SSSR count). The average molecular weight is 363 g/mol. The first-order valence-corrected chi connectivity index (χ1v) is 9.24. The number of rotatable bonds is 6. The minimum absolute atomic E-state index is 0.0499. The molecule has 3 amide bonds. The van der Waals surface area contributed by atoms with Crippen LogP contribution in [0.3, 0.4) is 0 Å². The molecule has 0 spiro atoms. The molecule has 0 radical (unpaired) electrons. The van der Waals surface area contributed by atoms with E-state index in [1.165, 1.54) is 0 Å². The van der Waals surface area contributed by atoms with E-state index in [0.717, 1.165) is 12.8 Å². The smallest absolute Gasteiger partial charge is 0.257 e. The van der Waals surface area contributed by atoms with Gasteiger partial charge in [-0.2, -0.15) is 0 Å². The Labute approximate surface area is 154 Å². The Kier molecular flexibility index (Phi) is 6.83. The highest BCUT2D eigenvalue weighted by atomic mass is 16.3. The highest BCUT2D eigenvalue weighted by Gasteiger charge is 2.25. The van der Waals surface area contributed by atoms with Gasteiger partial charge >= 0.3 is 0 Å². The monoisotopic (exact) mass is 363 g/mol. The Balaban J connectivity index is 1.95. The van der Waals surface area contributed by atoms with Crippen LogP contribution in [-0.2, 0) is 9.59 Å². The van der Waals surface area contributed by atoms with Crippen LogP contribution in [0.5, 0.6) is 0 Å². The minimum Gasteiger partial charge on any atom is -0.466 e. The van der Waals surface area contributed by atoms with E-state index in [9.17, 15) is 14.4 Å². The lowest BCUT2D eigenvalue weighted by molar-refractivity contribution is -0.129. The third-order valence-electron chi connectivity index (χ3n) is 4.61. The number of carbonyl (C=O) groups is 3. The van der Waals surface area contributed by atoms with Crippen LogP contribution in [-0.4, -0.2) is 47.8 Å². The first kappa shape index (κ1) is 20.0. The van der Waals surface area contributed by atoms with Gasteiger partial charge in [-0.15, -0.1) is 0 Å². The van der Waals surface area contributed by atoms with Crippen molar-refractivity contribution in [3.05, 3.63) is 23.2 Å². The molecule has 1 atom stereocenters. The lowest BCUT2D eigenvalue weighted by Gasteiger charge is -2.26. The van der Waals surface area contributed by atoms with E-state index in [1.807, 2.05) is 13.8 Å². The van der Waals surface area contributed by atoms with Gasteiger partial charge in [0.25, 0.3) is 5.91 Å². The van der Waals surface area contributed by atoms with Crippen LogP contribution in [0, 0.1) is 13.8 Å². The molecule has 0 saturated carbocycles. The van der Waals surface area contributed by atoms with E-state index in [-0.39, 0.29) is 30.2 Å². The SMILES string of the molecule is Cc1cc(C(=O)N(CCC(=O)NC2CCCCNC2=O)C(C)C)c(C)o1. The number of hydrogen-bond donors (Lipinski definition) is 2. The highest BCUT2D eigenvalue weighted by Crippen LogP contribution is 2.17. The molecule has 1 saturated heterocycles. The van der Waals surface area contributed by atoms with Gasteiger partial charge in [0.05, 0.1) is 5.56 Å². The Bertz CT molecular complexity index is 666. The van der Waals surface area contributed by atoms with Crippen LogP contribution in [0.4, 0.5) is 0 Å². The largest absolute Gasteiger partial charge is 0.466 e. The van der Waals surface area contributed by atoms with Crippen molar-refractivity contribution in [2.45, 2.75) is 65.5 Å². The van der Waals surface area contributed by atoms with Crippen molar-refractivity contribution >= 4 is 17.7 Å². The number of nitrogens with one attached hydrogen (secondary N) is 2. The van der Waals surface area contributed by atoms with Crippen LogP contribution in [0.25, 0.3) is 0 Å². The topological polar surface area (TPSA) is 91.7 Å². The second-order valence-electron chi connectivity index (χ2n) is 7.08. The Morgan fingerprint density at radius 1 is 1.35 bits per heavy atom. The van der Waals surface area contributed by atoms with Gasteiger partial charge < -0.3 is 20.0 Å². The molecule has 1 aliphatic rings. The summed E-state index contributed by atoms with van der Waals surface area (Å²) in [4.78, 5) is 38.7. The number of hydrogen-bond acceptors (Lipinski definition) is 4. The molecular weight excluding hydrogens is 334 g/mol. The Morgan fingerprint density at radius 2 is 2.08 bits per heavy atom. The maximum Gasteiger partial charge on any atom is 0.257 e. The van der Waals surface area contributed by atoms with Crippen LogP contribution in [0.1, 0.15) is 61.4 Å². The molecule has 1 aromatic heterocycles. The lowest BCUT2D eigenvalue weighted by Crippen LogP contribution is -2.47. The van der Waals surface area contributed by atoms with E-state index in [2.05, 4.69) is 10.6 Å². The molecule has 144 valence electrons. The summed E-state index contributed by atoms with van der Waals surface area (Å²) in [6.07, 6.45) is 2.64. The van der Waals surface area contributed by atoms with E-state index in [1.54, 1.807) is 24.8 Å². The third-order valence-corrected chi connectivity index (χ3v) is 4.61. The van der Waals surface area contributed by atoms with Gasteiger partial charge in [0.1, 0.15) is 17.6 Å². The number of aryl methyl sites for hydroxylation is 2. The molecular formula is C19H29N3O4. The van der Waals surface area contributed by atoms with E-state index >= 15 is 0 Å². The fourth-order valence-corrected chi connectivity index (χ4v) is 3.16. The van der Waals surface area contributed by atoms with Crippen LogP contribution >= 0.6 is 0 Å². The fourth-order valence-electron chi connectivity index (χ4n) is 3.16. The Hall–Kier alpha value is -2.31. The van der Waals surface area contributed by atoms with Gasteiger partial charge in [-0.3, -0.25) is 14.4 Å². The van der Waals surface area contributed by atoms with E-state index in [4.69, 9.17) is 4.42 Å². The molecule has 7 nitrogen and oxygen atoms in total. The van der Waals surface area contributed by atoms with Gasteiger partial charge in [0, 0.05) is 25.6 Å². The maximum absolute atomic E-state index is 12.8. The molecule has 2 N–H and O–H groups in total. The predicted octanol–water partition coefficient (Wildman–Crippen LogP) is 1.92. The summed E-state index contributed by atoms with van der Waals surface area (Å²) in [5.74, 6) is 0.779. The molecule has 0 bridgehead atoms. The van der Waals surface area contributed by atoms with Crippen molar-refractivity contribution in [2.75, 3.05) is 13.1 Å². The lowest BCUT2D eigenvalue weighted by atomic mass is 10.1. The maximum atomic E-state index is 12.8. The number of carbonyl (C=O) groups excluding carboxylic acids is 3. The molecule has 1 aliphatic heterocycles. The Morgan fingerprint density at radius 3 is 2.69 bits per heavy atom. The summed E-state index contributed by atoms with van der Waals surface area (Å²) in [6.45, 7) is 8.34. The van der Waals surface area contributed by atoms with Crippen LogP contribution in [0.2, 0.25) is 0 Å². The summed E-state index contributed by atoms with van der Waals surface area (Å²) in [5.41, 5.74) is 0.528. The predicted molar refractivity (Wildman–Crippen MR) is 97.8 cm³/mol. The van der Waals surface area contributed by atoms with E-state index in [0.29, 0.717) is 36.6 Å². The number of nitrogens with zero attached hydrogens (tertiary/aromatic N) is 1. The first-order chi connectivity index (χ1) is 12.3. The molecule has 1 fully saturated rings. The molecule has 2 heterocycles. The molecule has 0 aromatic carbocycles.